The third-order valence-electron chi connectivity index (χ3n) is 6.62. The molecule has 1 atom stereocenters. The monoisotopic (exact) mass is 514 g/mol. The van der Waals surface area contributed by atoms with Crippen molar-refractivity contribution in [1.29, 1.82) is 0 Å². The van der Waals surface area contributed by atoms with Gasteiger partial charge in [-0.05, 0) is 75.4 Å². The topological polar surface area (TPSA) is 67.9 Å². The summed E-state index contributed by atoms with van der Waals surface area (Å²) < 4.78 is 11.4. The van der Waals surface area contributed by atoms with E-state index in [1.54, 1.807) is 4.90 Å². The van der Waals surface area contributed by atoms with E-state index in [1.807, 2.05) is 63.2 Å². The molecule has 1 N–H and O–H groups in total. The van der Waals surface area contributed by atoms with Crippen molar-refractivity contribution in [2.75, 3.05) is 13.2 Å². The summed E-state index contributed by atoms with van der Waals surface area (Å²) in [6.45, 7) is 7.12. The Bertz CT molecular complexity index is 989. The highest BCUT2D eigenvalue weighted by atomic mass is 35.5. The van der Waals surface area contributed by atoms with Crippen molar-refractivity contribution >= 4 is 23.4 Å². The van der Waals surface area contributed by atoms with E-state index in [-0.39, 0.29) is 24.3 Å². The zero-order valence-corrected chi connectivity index (χ0v) is 22.5. The van der Waals surface area contributed by atoms with Gasteiger partial charge >= 0.3 is 0 Å². The molecule has 2 amide bonds. The summed E-state index contributed by atoms with van der Waals surface area (Å²) in [5.74, 6) is 1.22. The lowest BCUT2D eigenvalue weighted by atomic mass is 9.95. The van der Waals surface area contributed by atoms with Crippen LogP contribution in [0, 0.1) is 0 Å². The third-order valence-corrected chi connectivity index (χ3v) is 6.87. The van der Waals surface area contributed by atoms with E-state index in [0.717, 1.165) is 36.8 Å². The van der Waals surface area contributed by atoms with Gasteiger partial charge in [0, 0.05) is 24.0 Å². The molecule has 3 rings (SSSR count). The first-order valence-electron chi connectivity index (χ1n) is 13.1. The molecule has 0 radical (unpaired) electrons. The van der Waals surface area contributed by atoms with Crippen molar-refractivity contribution in [3.63, 3.8) is 0 Å². The fourth-order valence-electron chi connectivity index (χ4n) is 4.58. The molecule has 2 aromatic carbocycles. The first-order valence-corrected chi connectivity index (χ1v) is 13.5. The number of carbonyl (C=O) groups is 2. The Morgan fingerprint density at radius 2 is 1.61 bits per heavy atom. The van der Waals surface area contributed by atoms with Crippen molar-refractivity contribution in [3.05, 3.63) is 58.6 Å². The largest absolute Gasteiger partial charge is 0.490 e. The standard InChI is InChI=1S/C29H39ClN2O4/c1-4-35-26-17-13-22(19-27(26)36-5-2)14-18-28(33)32(20-23-11-15-24(30)16-12-23)21(3)29(34)31-25-9-7-6-8-10-25/h11-13,15-17,19,21,25H,4-10,14,18,20H2,1-3H3,(H,31,34). The maximum Gasteiger partial charge on any atom is 0.242 e. The fourth-order valence-corrected chi connectivity index (χ4v) is 4.71. The number of amides is 2. The van der Waals surface area contributed by atoms with Crippen LogP contribution in [0.25, 0.3) is 0 Å². The molecule has 1 saturated carbocycles. The van der Waals surface area contributed by atoms with Gasteiger partial charge in [-0.3, -0.25) is 9.59 Å². The minimum Gasteiger partial charge on any atom is -0.490 e. The molecule has 0 spiro atoms. The number of nitrogens with one attached hydrogen (secondary N) is 1. The Hall–Kier alpha value is -2.73. The maximum absolute atomic E-state index is 13.5. The molecule has 1 fully saturated rings. The van der Waals surface area contributed by atoms with Crippen LogP contribution < -0.4 is 14.8 Å². The number of benzene rings is 2. The zero-order chi connectivity index (χ0) is 25.9. The van der Waals surface area contributed by atoms with E-state index >= 15 is 0 Å². The number of hydrogen-bond donors (Lipinski definition) is 1. The van der Waals surface area contributed by atoms with Gasteiger partial charge in [0.1, 0.15) is 6.04 Å². The minimum atomic E-state index is -0.575. The zero-order valence-electron chi connectivity index (χ0n) is 21.7. The van der Waals surface area contributed by atoms with Crippen LogP contribution in [-0.4, -0.2) is 42.0 Å². The Balaban J connectivity index is 1.71. The molecule has 36 heavy (non-hydrogen) atoms. The van der Waals surface area contributed by atoms with Crippen molar-refractivity contribution < 1.29 is 19.1 Å². The number of halogens is 1. The first kappa shape index (κ1) is 27.9. The lowest BCUT2D eigenvalue weighted by molar-refractivity contribution is -0.141. The summed E-state index contributed by atoms with van der Waals surface area (Å²) in [5, 5.41) is 3.82. The molecule has 196 valence electrons. The Morgan fingerprint density at radius 1 is 0.972 bits per heavy atom. The smallest absolute Gasteiger partial charge is 0.242 e. The van der Waals surface area contributed by atoms with Crippen molar-refractivity contribution in [2.45, 2.75) is 84.3 Å². The Kier molecular flexibility index (Phi) is 10.9. The molecular formula is C29H39ClN2O4. The van der Waals surface area contributed by atoms with Gasteiger partial charge in [-0.2, -0.15) is 0 Å². The number of carbonyl (C=O) groups excluding carboxylic acids is 2. The Morgan fingerprint density at radius 3 is 2.28 bits per heavy atom. The van der Waals surface area contributed by atoms with Crippen LogP contribution >= 0.6 is 11.6 Å². The van der Waals surface area contributed by atoms with E-state index < -0.39 is 6.04 Å². The van der Waals surface area contributed by atoms with Gasteiger partial charge in [-0.15, -0.1) is 0 Å². The number of nitrogens with zero attached hydrogens (tertiary/aromatic N) is 1. The lowest BCUT2D eigenvalue weighted by Crippen LogP contribution is -2.50. The average Bonchev–Trinajstić information content (AvgIpc) is 2.88. The quantitative estimate of drug-likeness (QED) is 0.381. The predicted octanol–water partition coefficient (Wildman–Crippen LogP) is 5.94. The highest BCUT2D eigenvalue weighted by molar-refractivity contribution is 6.30. The van der Waals surface area contributed by atoms with E-state index in [0.29, 0.717) is 42.7 Å². The van der Waals surface area contributed by atoms with E-state index in [1.165, 1.54) is 6.42 Å². The summed E-state index contributed by atoms with van der Waals surface area (Å²) in [6.07, 6.45) is 6.33. The van der Waals surface area contributed by atoms with Crippen LogP contribution in [-0.2, 0) is 22.6 Å². The molecule has 1 unspecified atom stereocenters. The molecule has 1 aliphatic carbocycles. The summed E-state index contributed by atoms with van der Waals surface area (Å²) in [6, 6.07) is 12.8. The van der Waals surface area contributed by atoms with E-state index in [4.69, 9.17) is 21.1 Å². The van der Waals surface area contributed by atoms with E-state index in [9.17, 15) is 9.59 Å². The second kappa shape index (κ2) is 14.1. The van der Waals surface area contributed by atoms with Crippen molar-refractivity contribution in [1.82, 2.24) is 10.2 Å². The van der Waals surface area contributed by atoms with Gasteiger partial charge in [0.2, 0.25) is 11.8 Å². The second-order valence-corrected chi connectivity index (χ2v) is 9.75. The molecule has 0 aliphatic heterocycles. The predicted molar refractivity (Wildman–Crippen MR) is 144 cm³/mol. The highest BCUT2D eigenvalue weighted by Crippen LogP contribution is 2.29. The normalized spacial score (nSPS) is 14.7. The molecular weight excluding hydrogens is 476 g/mol. The molecule has 6 nitrogen and oxygen atoms in total. The van der Waals surface area contributed by atoms with Gasteiger partial charge in [-0.25, -0.2) is 0 Å². The molecule has 1 aliphatic rings. The van der Waals surface area contributed by atoms with Gasteiger partial charge < -0.3 is 19.7 Å². The van der Waals surface area contributed by atoms with Crippen LogP contribution in [0.5, 0.6) is 11.5 Å². The molecule has 0 saturated heterocycles. The molecule has 0 heterocycles. The highest BCUT2D eigenvalue weighted by Gasteiger charge is 2.28. The summed E-state index contributed by atoms with van der Waals surface area (Å²) >= 11 is 6.05. The number of aryl methyl sites for hydroxylation is 1. The number of ether oxygens (including phenoxy) is 2. The third kappa shape index (κ3) is 8.16. The molecule has 0 bridgehead atoms. The SMILES string of the molecule is CCOc1ccc(CCC(=O)N(Cc2ccc(Cl)cc2)C(C)C(=O)NC2CCCCC2)cc1OCC. The summed E-state index contributed by atoms with van der Waals surface area (Å²) in [4.78, 5) is 28.3. The van der Waals surface area contributed by atoms with Crippen LogP contribution in [0.3, 0.4) is 0 Å². The fraction of sp³-hybridized carbons (Fsp3) is 0.517. The Labute approximate surface area is 220 Å². The van der Waals surface area contributed by atoms with Crippen LogP contribution in [0.1, 0.15) is 70.4 Å². The molecule has 2 aromatic rings. The van der Waals surface area contributed by atoms with E-state index in [2.05, 4.69) is 5.32 Å². The summed E-state index contributed by atoms with van der Waals surface area (Å²) in [7, 11) is 0. The van der Waals surface area contributed by atoms with Gasteiger partial charge in [0.05, 0.1) is 13.2 Å². The average molecular weight is 515 g/mol. The minimum absolute atomic E-state index is 0.0666. The first-order chi connectivity index (χ1) is 17.4. The number of hydrogen-bond acceptors (Lipinski definition) is 4. The summed E-state index contributed by atoms with van der Waals surface area (Å²) in [5.41, 5.74) is 1.92. The molecule has 7 heteroatoms. The van der Waals surface area contributed by atoms with Gasteiger partial charge in [0.25, 0.3) is 0 Å². The maximum atomic E-state index is 13.5. The second-order valence-electron chi connectivity index (χ2n) is 9.31. The van der Waals surface area contributed by atoms with Crippen LogP contribution in [0.2, 0.25) is 5.02 Å². The van der Waals surface area contributed by atoms with Gasteiger partial charge in [0.15, 0.2) is 11.5 Å². The molecule has 0 aromatic heterocycles. The van der Waals surface area contributed by atoms with Crippen molar-refractivity contribution in [3.8, 4) is 11.5 Å². The lowest BCUT2D eigenvalue weighted by Gasteiger charge is -2.31. The van der Waals surface area contributed by atoms with Crippen LogP contribution in [0.4, 0.5) is 0 Å². The number of rotatable bonds is 12. The van der Waals surface area contributed by atoms with Gasteiger partial charge in [-0.1, -0.05) is 49.1 Å². The van der Waals surface area contributed by atoms with Crippen molar-refractivity contribution in [2.24, 2.45) is 0 Å². The van der Waals surface area contributed by atoms with Crippen LogP contribution in [0.15, 0.2) is 42.5 Å².